The van der Waals surface area contributed by atoms with Crippen LogP contribution in [0.1, 0.15) is 34.6 Å². The molecular formula is C11H12BNO2. The first kappa shape index (κ1) is 11.5. The molecule has 0 bridgehead atoms. The summed E-state index contributed by atoms with van der Waals surface area (Å²) >= 11 is 0. The number of benzene rings is 1. The summed E-state index contributed by atoms with van der Waals surface area (Å²) in [5.41, 5.74) is 0.426. The summed E-state index contributed by atoms with van der Waals surface area (Å²) in [5.74, 6) is -0.152. The van der Waals surface area contributed by atoms with E-state index in [0.717, 1.165) is 0 Å². The van der Waals surface area contributed by atoms with E-state index in [1.54, 1.807) is 12.1 Å². The Morgan fingerprint density at radius 3 is 2.00 bits per heavy atom. The van der Waals surface area contributed by atoms with E-state index in [0.29, 0.717) is 11.1 Å². The highest BCUT2D eigenvalue weighted by Gasteiger charge is 2.06. The predicted molar refractivity (Wildman–Crippen MR) is 59.1 cm³/mol. The van der Waals surface area contributed by atoms with Gasteiger partial charge in [0.1, 0.15) is 5.68 Å². The Hall–Kier alpha value is -1.58. The first-order chi connectivity index (χ1) is 7.00. The van der Waals surface area contributed by atoms with Crippen molar-refractivity contribution in [2.24, 2.45) is 0 Å². The van der Waals surface area contributed by atoms with Crippen LogP contribution in [-0.4, -0.2) is 25.5 Å². The third kappa shape index (κ3) is 3.24. The molecule has 0 heterocycles. The van der Waals surface area contributed by atoms with E-state index in [1.807, 2.05) is 13.8 Å². The van der Waals surface area contributed by atoms with Crippen LogP contribution in [0.2, 0.25) is 0 Å². The molecule has 4 heteroatoms. The van der Waals surface area contributed by atoms with Gasteiger partial charge < -0.3 is 10.1 Å². The zero-order valence-corrected chi connectivity index (χ0v) is 8.78. The zero-order valence-electron chi connectivity index (χ0n) is 8.78. The van der Waals surface area contributed by atoms with Gasteiger partial charge in [0.15, 0.2) is 7.85 Å². The summed E-state index contributed by atoms with van der Waals surface area (Å²) in [7, 11) is 5.08. The third-order valence-electron chi connectivity index (χ3n) is 1.85. The van der Waals surface area contributed by atoms with E-state index in [4.69, 9.17) is 7.85 Å². The topological polar surface area (TPSA) is 46.2 Å². The molecule has 1 N–H and O–H groups in total. The molecule has 2 radical (unpaired) electrons. The van der Waals surface area contributed by atoms with Crippen molar-refractivity contribution in [3.63, 3.8) is 0 Å². The van der Waals surface area contributed by atoms with Gasteiger partial charge in [-0.3, -0.25) is 4.79 Å². The number of hydrogen-bond donors (Lipinski definition) is 1. The smallest absolute Gasteiger partial charge is 0.251 e. The highest BCUT2D eigenvalue weighted by molar-refractivity contribution is 6.62. The number of carbonyl (C=O) groups is 2. The monoisotopic (exact) mass is 201 g/mol. The van der Waals surface area contributed by atoms with Gasteiger partial charge in [-0.25, -0.2) is 0 Å². The molecule has 15 heavy (non-hydrogen) atoms. The summed E-state index contributed by atoms with van der Waals surface area (Å²) < 4.78 is 0. The van der Waals surface area contributed by atoms with Gasteiger partial charge >= 0.3 is 0 Å². The minimum atomic E-state index is -0.495. The highest BCUT2D eigenvalue weighted by atomic mass is 16.1. The second kappa shape index (κ2) is 4.78. The Bertz CT molecular complexity index is 371. The molecule has 0 saturated carbocycles. The van der Waals surface area contributed by atoms with E-state index in [2.05, 4.69) is 5.32 Å². The summed E-state index contributed by atoms with van der Waals surface area (Å²) in [6.45, 7) is 3.77. The van der Waals surface area contributed by atoms with Crippen molar-refractivity contribution < 1.29 is 9.59 Å². The SMILES string of the molecule is [B]C(=O)c1ccc(C(=O)NC(C)C)cc1. The summed E-state index contributed by atoms with van der Waals surface area (Å²) in [6.07, 6.45) is 0. The Balaban J connectivity index is 2.80. The maximum absolute atomic E-state index is 11.5. The molecular weight excluding hydrogens is 189 g/mol. The quantitative estimate of drug-likeness (QED) is 0.745. The molecule has 0 spiro atoms. The lowest BCUT2D eigenvalue weighted by atomic mass is 9.94. The highest BCUT2D eigenvalue weighted by Crippen LogP contribution is 2.04. The van der Waals surface area contributed by atoms with Gasteiger partial charge in [0.2, 0.25) is 0 Å². The van der Waals surface area contributed by atoms with Gasteiger partial charge in [-0.05, 0) is 26.0 Å². The van der Waals surface area contributed by atoms with Crippen LogP contribution >= 0.6 is 0 Å². The maximum Gasteiger partial charge on any atom is 0.251 e. The van der Waals surface area contributed by atoms with Crippen molar-refractivity contribution >= 4 is 19.4 Å². The van der Waals surface area contributed by atoms with Crippen molar-refractivity contribution in [2.75, 3.05) is 0 Å². The second-order valence-electron chi connectivity index (χ2n) is 3.57. The van der Waals surface area contributed by atoms with Crippen LogP contribution in [0.4, 0.5) is 0 Å². The molecule has 0 saturated heterocycles. The Kier molecular flexibility index (Phi) is 3.66. The van der Waals surface area contributed by atoms with Crippen LogP contribution in [-0.2, 0) is 0 Å². The first-order valence-corrected chi connectivity index (χ1v) is 4.71. The molecule has 0 aliphatic heterocycles. The normalized spacial score (nSPS) is 10.1. The number of nitrogens with one attached hydrogen (secondary N) is 1. The number of amides is 1. The van der Waals surface area contributed by atoms with Crippen LogP contribution in [0.15, 0.2) is 24.3 Å². The van der Waals surface area contributed by atoms with Crippen molar-refractivity contribution in [1.29, 1.82) is 0 Å². The van der Waals surface area contributed by atoms with E-state index in [1.165, 1.54) is 12.1 Å². The van der Waals surface area contributed by atoms with Crippen molar-refractivity contribution in [2.45, 2.75) is 19.9 Å². The van der Waals surface area contributed by atoms with Crippen LogP contribution in [0.5, 0.6) is 0 Å². The molecule has 0 fully saturated rings. The zero-order chi connectivity index (χ0) is 11.4. The second-order valence-corrected chi connectivity index (χ2v) is 3.57. The molecule has 76 valence electrons. The molecule has 1 aromatic rings. The maximum atomic E-state index is 11.5. The molecule has 1 rings (SSSR count). The molecule has 1 aromatic carbocycles. The average Bonchev–Trinajstić information content (AvgIpc) is 2.17. The fourth-order valence-corrected chi connectivity index (χ4v) is 1.13. The molecule has 0 unspecified atom stereocenters. The summed E-state index contributed by atoms with van der Waals surface area (Å²) in [5, 5.41) is 2.75. The Labute approximate surface area is 90.3 Å². The molecule has 0 aliphatic carbocycles. The number of carbonyl (C=O) groups excluding carboxylic acids is 2. The summed E-state index contributed by atoms with van der Waals surface area (Å²) in [6, 6.07) is 6.33. The van der Waals surface area contributed by atoms with Crippen molar-refractivity contribution in [3.05, 3.63) is 35.4 Å². The Morgan fingerprint density at radius 2 is 1.60 bits per heavy atom. The van der Waals surface area contributed by atoms with Crippen molar-refractivity contribution in [1.82, 2.24) is 5.32 Å². The standard InChI is InChI=1S/C11H12BNO2/c1-7(2)13-11(15)9-5-3-8(4-6-9)10(12)14/h3-7H,1-2H3,(H,13,15). The van der Waals surface area contributed by atoms with Gasteiger partial charge in [-0.1, -0.05) is 12.1 Å². The van der Waals surface area contributed by atoms with Gasteiger partial charge in [-0.15, -0.1) is 0 Å². The average molecular weight is 201 g/mol. The number of rotatable bonds is 3. The number of hydrogen-bond acceptors (Lipinski definition) is 2. The fourth-order valence-electron chi connectivity index (χ4n) is 1.13. The lowest BCUT2D eigenvalue weighted by Gasteiger charge is -2.08. The third-order valence-corrected chi connectivity index (χ3v) is 1.85. The van der Waals surface area contributed by atoms with Crippen LogP contribution in [0, 0.1) is 0 Å². The molecule has 0 atom stereocenters. The van der Waals surface area contributed by atoms with Gasteiger partial charge in [0.05, 0.1) is 0 Å². The minimum Gasteiger partial charge on any atom is -0.350 e. The lowest BCUT2D eigenvalue weighted by molar-refractivity contribution is 0.0942. The molecule has 0 aliphatic rings. The van der Waals surface area contributed by atoms with Crippen LogP contribution in [0.3, 0.4) is 0 Å². The minimum absolute atomic E-state index is 0.0910. The van der Waals surface area contributed by atoms with Gasteiger partial charge in [0, 0.05) is 17.2 Å². The van der Waals surface area contributed by atoms with Crippen LogP contribution in [0.25, 0.3) is 0 Å². The van der Waals surface area contributed by atoms with Crippen molar-refractivity contribution in [3.8, 4) is 0 Å². The lowest BCUT2D eigenvalue weighted by Crippen LogP contribution is -2.30. The van der Waals surface area contributed by atoms with E-state index < -0.39 is 5.68 Å². The van der Waals surface area contributed by atoms with Gasteiger partial charge in [0.25, 0.3) is 5.91 Å². The predicted octanol–water partition coefficient (Wildman–Crippen LogP) is 1.13. The summed E-state index contributed by atoms with van der Waals surface area (Å²) in [4.78, 5) is 22.3. The van der Waals surface area contributed by atoms with E-state index in [9.17, 15) is 9.59 Å². The van der Waals surface area contributed by atoms with Gasteiger partial charge in [-0.2, -0.15) is 0 Å². The van der Waals surface area contributed by atoms with E-state index in [-0.39, 0.29) is 11.9 Å². The fraction of sp³-hybridized carbons (Fsp3) is 0.273. The largest absolute Gasteiger partial charge is 0.350 e. The molecule has 3 nitrogen and oxygen atoms in total. The Morgan fingerprint density at radius 1 is 1.13 bits per heavy atom. The molecule has 0 aromatic heterocycles. The first-order valence-electron chi connectivity index (χ1n) is 4.71. The molecule has 1 amide bonds. The van der Waals surface area contributed by atoms with Crippen LogP contribution < -0.4 is 5.32 Å². The van der Waals surface area contributed by atoms with E-state index >= 15 is 0 Å².